The highest BCUT2D eigenvalue weighted by Gasteiger charge is 2.14. The molecule has 1 heterocycles. The molecule has 0 N–H and O–H groups in total. The largest absolute Gasteiger partial charge is 0.495 e. The lowest BCUT2D eigenvalue weighted by Gasteiger charge is -1.96. The van der Waals surface area contributed by atoms with Crippen molar-refractivity contribution >= 4 is 33.0 Å². The summed E-state index contributed by atoms with van der Waals surface area (Å²) >= 11 is 4.74. The van der Waals surface area contributed by atoms with Gasteiger partial charge in [-0.05, 0) is 15.9 Å². The first-order chi connectivity index (χ1) is 7.72. The van der Waals surface area contributed by atoms with Crippen LogP contribution >= 0.6 is 27.3 Å². The molecule has 2 aromatic rings. The van der Waals surface area contributed by atoms with Crippen LogP contribution in [0, 0.1) is 0 Å². The number of rotatable bonds is 3. The Kier molecular flexibility index (Phi) is 3.41. The molecule has 0 aliphatic rings. The van der Waals surface area contributed by atoms with Gasteiger partial charge in [-0.1, -0.05) is 30.3 Å². The minimum atomic E-state index is 0.0228. The summed E-state index contributed by atoms with van der Waals surface area (Å²) in [5.41, 5.74) is 0.693. The summed E-state index contributed by atoms with van der Waals surface area (Å²) in [6.07, 6.45) is 0. The topological polar surface area (TPSA) is 26.3 Å². The quantitative estimate of drug-likeness (QED) is 0.807. The van der Waals surface area contributed by atoms with E-state index in [0.29, 0.717) is 16.2 Å². The van der Waals surface area contributed by atoms with Gasteiger partial charge in [-0.25, -0.2) is 0 Å². The second kappa shape index (κ2) is 4.80. The van der Waals surface area contributed by atoms with Crippen molar-refractivity contribution in [3.05, 3.63) is 50.6 Å². The van der Waals surface area contributed by atoms with Crippen LogP contribution in [0.15, 0.2) is 40.2 Å². The van der Waals surface area contributed by atoms with E-state index in [2.05, 4.69) is 15.9 Å². The van der Waals surface area contributed by atoms with E-state index >= 15 is 0 Å². The highest BCUT2D eigenvalue weighted by molar-refractivity contribution is 9.11. The molecule has 0 atom stereocenters. The molecule has 0 aliphatic carbocycles. The van der Waals surface area contributed by atoms with Crippen LogP contribution in [-0.2, 0) is 0 Å². The zero-order valence-electron chi connectivity index (χ0n) is 8.57. The highest BCUT2D eigenvalue weighted by Crippen LogP contribution is 2.35. The molecule has 16 heavy (non-hydrogen) atoms. The summed E-state index contributed by atoms with van der Waals surface area (Å²) in [6.45, 7) is 0. The lowest BCUT2D eigenvalue weighted by atomic mass is 10.1. The van der Waals surface area contributed by atoms with Crippen molar-refractivity contribution < 1.29 is 9.53 Å². The minimum absolute atomic E-state index is 0.0228. The van der Waals surface area contributed by atoms with Crippen molar-refractivity contribution in [2.24, 2.45) is 0 Å². The van der Waals surface area contributed by atoms with Crippen molar-refractivity contribution in [1.29, 1.82) is 0 Å². The van der Waals surface area contributed by atoms with Gasteiger partial charge in [0, 0.05) is 11.6 Å². The minimum Gasteiger partial charge on any atom is -0.495 e. The van der Waals surface area contributed by atoms with E-state index in [9.17, 15) is 4.79 Å². The molecule has 0 aliphatic heterocycles. The van der Waals surface area contributed by atoms with E-state index in [4.69, 9.17) is 4.74 Å². The van der Waals surface area contributed by atoms with Gasteiger partial charge in [0.1, 0.15) is 9.54 Å². The molecule has 0 unspecified atom stereocenters. The van der Waals surface area contributed by atoms with Crippen molar-refractivity contribution in [2.45, 2.75) is 0 Å². The molecule has 82 valence electrons. The maximum atomic E-state index is 12.1. The summed E-state index contributed by atoms with van der Waals surface area (Å²) in [4.78, 5) is 12.7. The van der Waals surface area contributed by atoms with Crippen molar-refractivity contribution in [3.8, 4) is 5.75 Å². The monoisotopic (exact) mass is 296 g/mol. The standard InChI is InChI=1S/C12H9BrO2S/c1-15-9-7-10(16-12(9)13)11(14)8-5-3-2-4-6-8/h2-7H,1H3. The fourth-order valence-corrected chi connectivity index (χ4v) is 2.95. The van der Waals surface area contributed by atoms with E-state index in [1.165, 1.54) is 11.3 Å². The maximum Gasteiger partial charge on any atom is 0.203 e. The van der Waals surface area contributed by atoms with Gasteiger partial charge >= 0.3 is 0 Å². The molecular weight excluding hydrogens is 288 g/mol. The lowest BCUT2D eigenvalue weighted by molar-refractivity contribution is 0.104. The number of thiophene rings is 1. The Balaban J connectivity index is 2.35. The average molecular weight is 297 g/mol. The molecule has 2 rings (SSSR count). The number of ether oxygens (including phenoxy) is 1. The number of ketones is 1. The van der Waals surface area contributed by atoms with Gasteiger partial charge in [-0.2, -0.15) is 0 Å². The first-order valence-electron chi connectivity index (χ1n) is 4.65. The zero-order chi connectivity index (χ0) is 11.5. The van der Waals surface area contributed by atoms with Crippen molar-refractivity contribution in [2.75, 3.05) is 7.11 Å². The van der Waals surface area contributed by atoms with Gasteiger partial charge in [0.2, 0.25) is 5.78 Å². The molecule has 0 radical (unpaired) electrons. The van der Waals surface area contributed by atoms with Crippen LogP contribution in [0.3, 0.4) is 0 Å². The van der Waals surface area contributed by atoms with Crippen molar-refractivity contribution in [3.63, 3.8) is 0 Å². The van der Waals surface area contributed by atoms with Gasteiger partial charge in [0.25, 0.3) is 0 Å². The summed E-state index contributed by atoms with van der Waals surface area (Å²) in [5.74, 6) is 0.721. The predicted molar refractivity (Wildman–Crippen MR) is 68.4 cm³/mol. The van der Waals surface area contributed by atoms with Crippen LogP contribution in [0.4, 0.5) is 0 Å². The van der Waals surface area contributed by atoms with Gasteiger partial charge in [0.05, 0.1) is 12.0 Å². The zero-order valence-corrected chi connectivity index (χ0v) is 11.0. The first-order valence-corrected chi connectivity index (χ1v) is 6.26. The van der Waals surface area contributed by atoms with Crippen LogP contribution < -0.4 is 4.74 Å². The molecule has 0 bridgehead atoms. The normalized spacial score (nSPS) is 10.1. The second-order valence-corrected chi connectivity index (χ2v) is 5.52. The average Bonchev–Trinajstić information content (AvgIpc) is 2.71. The Hall–Kier alpha value is -1.13. The number of hydrogen-bond donors (Lipinski definition) is 0. The smallest absolute Gasteiger partial charge is 0.203 e. The molecule has 1 aromatic heterocycles. The molecular formula is C12H9BrO2S. The number of benzene rings is 1. The Morgan fingerprint density at radius 3 is 2.56 bits per heavy atom. The molecule has 0 saturated carbocycles. The molecule has 0 spiro atoms. The van der Waals surface area contributed by atoms with E-state index in [1.54, 1.807) is 13.2 Å². The van der Waals surface area contributed by atoms with E-state index in [-0.39, 0.29) is 5.78 Å². The van der Waals surface area contributed by atoms with Crippen molar-refractivity contribution in [1.82, 2.24) is 0 Å². The fraction of sp³-hybridized carbons (Fsp3) is 0.0833. The fourth-order valence-electron chi connectivity index (χ4n) is 1.33. The van der Waals surface area contributed by atoms with Gasteiger partial charge in [0.15, 0.2) is 0 Å². The summed E-state index contributed by atoms with van der Waals surface area (Å²) in [5, 5.41) is 0. The molecule has 1 aromatic carbocycles. The van der Waals surface area contributed by atoms with Crippen LogP contribution in [0.5, 0.6) is 5.75 Å². The number of halogens is 1. The van der Waals surface area contributed by atoms with E-state index in [0.717, 1.165) is 3.79 Å². The SMILES string of the molecule is COc1cc(C(=O)c2ccccc2)sc1Br. The summed E-state index contributed by atoms with van der Waals surface area (Å²) in [7, 11) is 1.59. The highest BCUT2D eigenvalue weighted by atomic mass is 79.9. The summed E-state index contributed by atoms with van der Waals surface area (Å²) in [6, 6.07) is 11.0. The molecule has 0 amide bonds. The number of hydrogen-bond acceptors (Lipinski definition) is 3. The number of methoxy groups -OCH3 is 1. The Labute approximate surface area is 106 Å². The number of carbonyl (C=O) groups excluding carboxylic acids is 1. The third-order valence-electron chi connectivity index (χ3n) is 2.14. The number of carbonyl (C=O) groups is 1. The van der Waals surface area contributed by atoms with Gasteiger partial charge < -0.3 is 4.74 Å². The van der Waals surface area contributed by atoms with Gasteiger partial charge in [-0.3, -0.25) is 4.79 Å². The molecule has 0 fully saturated rings. The lowest BCUT2D eigenvalue weighted by Crippen LogP contribution is -1.97. The third-order valence-corrected chi connectivity index (χ3v) is 3.92. The molecule has 0 saturated heterocycles. The summed E-state index contributed by atoms with van der Waals surface area (Å²) < 4.78 is 5.96. The van der Waals surface area contributed by atoms with E-state index < -0.39 is 0 Å². The third kappa shape index (κ3) is 2.18. The Morgan fingerprint density at radius 2 is 2.00 bits per heavy atom. The van der Waals surface area contributed by atoms with Crippen LogP contribution in [0.25, 0.3) is 0 Å². The van der Waals surface area contributed by atoms with Crippen LogP contribution in [-0.4, -0.2) is 12.9 Å². The van der Waals surface area contributed by atoms with Crippen LogP contribution in [0.2, 0.25) is 0 Å². The Morgan fingerprint density at radius 1 is 1.31 bits per heavy atom. The van der Waals surface area contributed by atoms with E-state index in [1.807, 2.05) is 30.3 Å². The van der Waals surface area contributed by atoms with Crippen LogP contribution in [0.1, 0.15) is 15.2 Å². The Bertz CT molecular complexity index is 505. The first kappa shape index (κ1) is 11.4. The molecule has 4 heteroatoms. The maximum absolute atomic E-state index is 12.1. The van der Waals surface area contributed by atoms with Gasteiger partial charge in [-0.15, -0.1) is 11.3 Å². The molecule has 2 nitrogen and oxygen atoms in total. The predicted octanol–water partition coefficient (Wildman–Crippen LogP) is 3.75. The second-order valence-electron chi connectivity index (χ2n) is 3.15.